The Balaban J connectivity index is 2.73. The van der Waals surface area contributed by atoms with Crippen molar-refractivity contribution in [3.05, 3.63) is 39.1 Å². The van der Waals surface area contributed by atoms with Gasteiger partial charge in [0.15, 0.2) is 22.4 Å². The molecule has 1 aromatic rings. The number of phenols is 1. The predicted octanol–water partition coefficient (Wildman–Crippen LogP) is 2.42. The minimum Gasteiger partial charge on any atom is -0.504 e. The van der Waals surface area contributed by atoms with Gasteiger partial charge in [-0.1, -0.05) is 0 Å². The minimum absolute atomic E-state index is 0.0194. The number of carbonyl (C=O) groups is 1. The fourth-order valence-electron chi connectivity index (χ4n) is 2.98. The number of nitrogens with zero attached hydrogens (tertiary/aromatic N) is 2. The Morgan fingerprint density at radius 3 is 2.64 bits per heavy atom. The molecule has 1 heterocycles. The molecule has 0 amide bonds. The van der Waals surface area contributed by atoms with Gasteiger partial charge in [-0.05, 0) is 39.1 Å². The van der Waals surface area contributed by atoms with E-state index in [2.05, 4.69) is 5.32 Å². The smallest absolute Gasteiger partial charge is 0.279 e. The van der Waals surface area contributed by atoms with E-state index in [1.807, 2.05) is 6.92 Å². The molecule has 0 aromatic heterocycles. The van der Waals surface area contributed by atoms with E-state index in [1.165, 1.54) is 20.1 Å². The second-order valence-corrected chi connectivity index (χ2v) is 5.91. The topological polar surface area (TPSA) is 105 Å². The molecule has 25 heavy (non-hydrogen) atoms. The number of hydrogen-bond donors (Lipinski definition) is 2. The predicted molar refractivity (Wildman–Crippen MR) is 95.5 cm³/mol. The van der Waals surface area contributed by atoms with Crippen LogP contribution in [0.15, 0.2) is 23.4 Å². The Kier molecular flexibility index (Phi) is 5.27. The van der Waals surface area contributed by atoms with Gasteiger partial charge >= 0.3 is 0 Å². The molecular formula is C16H19N3O5S. The molecule has 0 saturated heterocycles. The van der Waals surface area contributed by atoms with Crippen LogP contribution in [0.5, 0.6) is 11.5 Å². The molecular weight excluding hydrogens is 346 g/mol. The van der Waals surface area contributed by atoms with E-state index in [4.69, 9.17) is 17.0 Å². The van der Waals surface area contributed by atoms with Crippen molar-refractivity contribution in [2.24, 2.45) is 0 Å². The van der Waals surface area contributed by atoms with E-state index in [0.717, 1.165) is 6.07 Å². The van der Waals surface area contributed by atoms with E-state index in [1.54, 1.807) is 11.8 Å². The number of Topliss-reactive ketones (excluding diaryl/α,β-unsaturated/α-hetero) is 1. The fourth-order valence-corrected chi connectivity index (χ4v) is 3.36. The number of rotatable bonds is 5. The number of nitro groups is 1. The molecule has 2 rings (SSSR count). The molecule has 1 unspecified atom stereocenters. The summed E-state index contributed by atoms with van der Waals surface area (Å²) in [5.41, 5.74) is 0.869. The molecule has 1 aliphatic rings. The maximum atomic E-state index is 12.2. The third kappa shape index (κ3) is 3.27. The number of aromatic hydroxyl groups is 1. The van der Waals surface area contributed by atoms with Gasteiger partial charge in [0.2, 0.25) is 0 Å². The monoisotopic (exact) mass is 365 g/mol. The van der Waals surface area contributed by atoms with Gasteiger partial charge in [0.05, 0.1) is 29.7 Å². The summed E-state index contributed by atoms with van der Waals surface area (Å²) in [6, 6.07) is 1.54. The maximum Gasteiger partial charge on any atom is 0.279 e. The summed E-state index contributed by atoms with van der Waals surface area (Å²) in [6.07, 6.45) is 0. The molecule has 1 aliphatic heterocycles. The first kappa shape index (κ1) is 18.7. The van der Waals surface area contributed by atoms with Crippen LogP contribution in [0.3, 0.4) is 0 Å². The fraction of sp³-hybridized carbons (Fsp3) is 0.375. The van der Waals surface area contributed by atoms with Crippen LogP contribution >= 0.6 is 12.2 Å². The Hall–Kier alpha value is -2.68. The number of hydrogen-bond acceptors (Lipinski definition) is 6. The van der Waals surface area contributed by atoms with Gasteiger partial charge < -0.3 is 20.1 Å². The lowest BCUT2D eigenvalue weighted by Gasteiger charge is -2.37. The lowest BCUT2D eigenvalue weighted by molar-refractivity contribution is -0.385. The van der Waals surface area contributed by atoms with Gasteiger partial charge in [0.25, 0.3) is 5.69 Å². The second-order valence-electron chi connectivity index (χ2n) is 5.52. The van der Waals surface area contributed by atoms with Crippen molar-refractivity contribution in [2.45, 2.75) is 26.8 Å². The highest BCUT2D eigenvalue weighted by Gasteiger charge is 2.36. The summed E-state index contributed by atoms with van der Waals surface area (Å²) in [5, 5.41) is 24.9. The lowest BCUT2D eigenvalue weighted by atomic mass is 9.91. The van der Waals surface area contributed by atoms with Crippen molar-refractivity contribution in [3.63, 3.8) is 0 Å². The van der Waals surface area contributed by atoms with Crippen LogP contribution in [0.1, 0.15) is 32.4 Å². The summed E-state index contributed by atoms with van der Waals surface area (Å²) in [6.45, 7) is 5.58. The number of ether oxygens (including phenoxy) is 1. The van der Waals surface area contributed by atoms with Crippen LogP contribution in [0, 0.1) is 10.1 Å². The molecule has 0 saturated carbocycles. The van der Waals surface area contributed by atoms with Crippen LogP contribution in [0.2, 0.25) is 0 Å². The Labute approximate surface area is 150 Å². The van der Waals surface area contributed by atoms with Crippen LogP contribution < -0.4 is 10.1 Å². The number of nitro benzene ring substituents is 1. The first-order valence-corrected chi connectivity index (χ1v) is 7.98. The van der Waals surface area contributed by atoms with Crippen molar-refractivity contribution in [2.75, 3.05) is 13.7 Å². The normalized spacial score (nSPS) is 17.4. The van der Waals surface area contributed by atoms with Crippen LogP contribution in [0.4, 0.5) is 5.69 Å². The molecule has 2 N–H and O–H groups in total. The van der Waals surface area contributed by atoms with Crippen molar-refractivity contribution in [3.8, 4) is 11.5 Å². The number of nitrogens with one attached hydrogen (secondary N) is 1. The number of allylic oxidation sites excluding steroid dienone is 1. The molecule has 0 bridgehead atoms. The average molecular weight is 365 g/mol. The molecule has 0 spiro atoms. The van der Waals surface area contributed by atoms with Crippen molar-refractivity contribution in [1.29, 1.82) is 0 Å². The molecule has 9 heteroatoms. The molecule has 1 aromatic carbocycles. The highest BCUT2D eigenvalue weighted by Crippen LogP contribution is 2.41. The van der Waals surface area contributed by atoms with Gasteiger partial charge in [-0.15, -0.1) is 0 Å². The zero-order chi connectivity index (χ0) is 18.9. The zero-order valence-corrected chi connectivity index (χ0v) is 15.1. The highest BCUT2D eigenvalue weighted by atomic mass is 32.1. The van der Waals surface area contributed by atoms with E-state index >= 15 is 0 Å². The van der Waals surface area contributed by atoms with Gasteiger partial charge in [0.1, 0.15) is 0 Å². The number of thiocarbonyl (C=S) groups is 1. The largest absolute Gasteiger partial charge is 0.504 e. The molecule has 1 atom stereocenters. The van der Waals surface area contributed by atoms with E-state index in [0.29, 0.717) is 22.9 Å². The van der Waals surface area contributed by atoms with Crippen molar-refractivity contribution in [1.82, 2.24) is 10.2 Å². The average Bonchev–Trinajstić information content (AvgIpc) is 2.53. The van der Waals surface area contributed by atoms with Gasteiger partial charge in [-0.3, -0.25) is 14.9 Å². The Morgan fingerprint density at radius 1 is 1.52 bits per heavy atom. The van der Waals surface area contributed by atoms with Gasteiger partial charge in [-0.25, -0.2) is 0 Å². The van der Waals surface area contributed by atoms with Gasteiger partial charge in [0, 0.05) is 17.8 Å². The first-order valence-electron chi connectivity index (χ1n) is 7.57. The number of carbonyl (C=O) groups excluding carboxylic acids is 1. The minimum atomic E-state index is -0.829. The quantitative estimate of drug-likeness (QED) is 0.466. The Bertz CT molecular complexity index is 790. The third-order valence-electron chi connectivity index (χ3n) is 4.13. The molecule has 8 nitrogen and oxygen atoms in total. The first-order chi connectivity index (χ1) is 11.7. The second kappa shape index (κ2) is 7.06. The Morgan fingerprint density at radius 2 is 2.16 bits per heavy atom. The number of methoxy groups -OCH3 is 1. The van der Waals surface area contributed by atoms with E-state index in [9.17, 15) is 20.0 Å². The summed E-state index contributed by atoms with van der Waals surface area (Å²) in [4.78, 5) is 24.9. The highest BCUT2D eigenvalue weighted by molar-refractivity contribution is 7.80. The third-order valence-corrected chi connectivity index (χ3v) is 4.47. The summed E-state index contributed by atoms with van der Waals surface area (Å²) >= 11 is 5.32. The molecule has 0 fully saturated rings. The molecule has 0 radical (unpaired) electrons. The number of benzene rings is 1. The molecule has 134 valence electrons. The number of phenolic OH excluding ortho intramolecular Hbond substituents is 1. The van der Waals surface area contributed by atoms with Crippen LogP contribution in [0.25, 0.3) is 0 Å². The summed E-state index contributed by atoms with van der Waals surface area (Å²) in [5.74, 6) is -0.510. The lowest BCUT2D eigenvalue weighted by Crippen LogP contribution is -2.47. The maximum absolute atomic E-state index is 12.2. The SMILES string of the molecule is CCN1C(=S)NC(c2cc(O)c(OC)cc2[N+](=O)[O-])C(C(C)=O)=C1C. The standard InChI is InChI=1S/C16H19N3O5S/c1-5-18-8(2)14(9(3)20)15(17-16(18)25)10-6-12(21)13(24-4)7-11(10)19(22)23/h6-7,15,21H,5H2,1-4H3,(H,17,25). The zero-order valence-electron chi connectivity index (χ0n) is 14.3. The summed E-state index contributed by atoms with van der Waals surface area (Å²) in [7, 11) is 1.30. The van der Waals surface area contributed by atoms with E-state index in [-0.39, 0.29) is 28.5 Å². The molecule has 0 aliphatic carbocycles. The number of ketones is 1. The van der Waals surface area contributed by atoms with Gasteiger partial charge in [-0.2, -0.15) is 0 Å². The van der Waals surface area contributed by atoms with Crippen molar-refractivity contribution < 1.29 is 19.6 Å². The van der Waals surface area contributed by atoms with E-state index < -0.39 is 11.0 Å². The van der Waals surface area contributed by atoms with Crippen LogP contribution in [-0.4, -0.2) is 39.5 Å². The van der Waals surface area contributed by atoms with Crippen LogP contribution in [-0.2, 0) is 4.79 Å². The summed E-state index contributed by atoms with van der Waals surface area (Å²) < 4.78 is 4.94. The van der Waals surface area contributed by atoms with Crippen molar-refractivity contribution >= 4 is 28.8 Å².